The molecule has 5 heteroatoms. The van der Waals surface area contributed by atoms with Gasteiger partial charge in [-0.2, -0.15) is 5.10 Å². The van der Waals surface area contributed by atoms with Gasteiger partial charge in [0.25, 0.3) is 0 Å². The van der Waals surface area contributed by atoms with E-state index in [4.69, 9.17) is 0 Å². The molecule has 0 radical (unpaired) electrons. The molecule has 0 aliphatic heterocycles. The van der Waals surface area contributed by atoms with Crippen LogP contribution < -0.4 is 5.32 Å². The van der Waals surface area contributed by atoms with E-state index in [9.17, 15) is 9.59 Å². The van der Waals surface area contributed by atoms with Crippen LogP contribution in [0.1, 0.15) is 78.3 Å². The first kappa shape index (κ1) is 21.9. The molecule has 1 amide bonds. The number of rotatable bonds is 9. The molecule has 5 nitrogen and oxygen atoms in total. The quantitative estimate of drug-likeness (QED) is 0.598. The van der Waals surface area contributed by atoms with Gasteiger partial charge in [0.1, 0.15) is 0 Å². The van der Waals surface area contributed by atoms with Gasteiger partial charge in [0, 0.05) is 24.2 Å². The lowest BCUT2D eigenvalue weighted by Crippen LogP contribution is -2.19. The minimum Gasteiger partial charge on any atom is -0.326 e. The van der Waals surface area contributed by atoms with Gasteiger partial charge in [-0.05, 0) is 63.3 Å². The van der Waals surface area contributed by atoms with E-state index in [1.807, 2.05) is 45.9 Å². The summed E-state index contributed by atoms with van der Waals surface area (Å²) >= 11 is 0. The number of amides is 1. The topological polar surface area (TPSA) is 64.0 Å². The van der Waals surface area contributed by atoms with Crippen molar-refractivity contribution in [1.82, 2.24) is 9.78 Å². The van der Waals surface area contributed by atoms with Crippen molar-refractivity contribution in [2.75, 3.05) is 5.32 Å². The standard InChI is InChI=1S/C23H33N3O2/c1-6-7-8-9-10-20-18(4)25-26(19(20)5)23(28)14-13-22(27)24-21-15-16(2)11-12-17(21)3/h11-12,15H,6-10,13-14H2,1-5H3,(H,24,27). The smallest absolute Gasteiger partial charge is 0.247 e. The van der Waals surface area contributed by atoms with Gasteiger partial charge in [0.2, 0.25) is 11.8 Å². The maximum Gasteiger partial charge on any atom is 0.247 e. The van der Waals surface area contributed by atoms with E-state index in [1.54, 1.807) is 0 Å². The second-order valence-electron chi connectivity index (χ2n) is 7.63. The van der Waals surface area contributed by atoms with E-state index in [2.05, 4.69) is 17.3 Å². The molecule has 2 rings (SSSR count). The number of anilines is 1. The SMILES string of the molecule is CCCCCCc1c(C)nn(C(=O)CCC(=O)Nc2cc(C)ccc2C)c1C. The first-order valence-electron chi connectivity index (χ1n) is 10.3. The summed E-state index contributed by atoms with van der Waals surface area (Å²) in [6.45, 7) is 10.0. The van der Waals surface area contributed by atoms with Gasteiger partial charge in [0.15, 0.2) is 0 Å². The number of aromatic nitrogens is 2. The molecular formula is C23H33N3O2. The van der Waals surface area contributed by atoms with Gasteiger partial charge in [-0.25, -0.2) is 4.68 Å². The summed E-state index contributed by atoms with van der Waals surface area (Å²) in [5.74, 6) is -0.278. The molecule has 0 saturated heterocycles. The molecule has 1 aromatic heterocycles. The van der Waals surface area contributed by atoms with Crippen LogP contribution in [0.25, 0.3) is 0 Å². The van der Waals surface area contributed by atoms with Crippen molar-refractivity contribution in [3.05, 3.63) is 46.3 Å². The van der Waals surface area contributed by atoms with Gasteiger partial charge < -0.3 is 5.32 Å². The molecule has 0 atom stereocenters. The Balaban J connectivity index is 1.93. The van der Waals surface area contributed by atoms with Crippen LogP contribution >= 0.6 is 0 Å². The third-order valence-corrected chi connectivity index (χ3v) is 5.19. The highest BCUT2D eigenvalue weighted by Crippen LogP contribution is 2.19. The summed E-state index contributed by atoms with van der Waals surface area (Å²) < 4.78 is 1.48. The fourth-order valence-corrected chi connectivity index (χ4v) is 3.42. The summed E-state index contributed by atoms with van der Waals surface area (Å²) in [4.78, 5) is 24.9. The van der Waals surface area contributed by atoms with Crippen molar-refractivity contribution < 1.29 is 9.59 Å². The molecule has 0 unspecified atom stereocenters. The lowest BCUT2D eigenvalue weighted by atomic mass is 10.0. The molecule has 0 bridgehead atoms. The molecule has 0 fully saturated rings. The second kappa shape index (κ2) is 10.2. The van der Waals surface area contributed by atoms with E-state index in [-0.39, 0.29) is 24.7 Å². The molecule has 0 aliphatic rings. The van der Waals surface area contributed by atoms with Crippen LogP contribution in [0, 0.1) is 27.7 Å². The van der Waals surface area contributed by atoms with Crippen molar-refractivity contribution in [3.63, 3.8) is 0 Å². The molecule has 1 heterocycles. The van der Waals surface area contributed by atoms with Crippen molar-refractivity contribution in [3.8, 4) is 0 Å². The predicted molar refractivity (Wildman–Crippen MR) is 114 cm³/mol. The number of hydrogen-bond donors (Lipinski definition) is 1. The normalized spacial score (nSPS) is 10.9. The van der Waals surface area contributed by atoms with Gasteiger partial charge in [-0.1, -0.05) is 38.3 Å². The zero-order valence-electron chi connectivity index (χ0n) is 17.9. The summed E-state index contributed by atoms with van der Waals surface area (Å²) in [5.41, 5.74) is 5.90. The molecule has 0 spiro atoms. The molecule has 152 valence electrons. The van der Waals surface area contributed by atoms with Gasteiger partial charge >= 0.3 is 0 Å². The molecular weight excluding hydrogens is 350 g/mol. The monoisotopic (exact) mass is 383 g/mol. The third-order valence-electron chi connectivity index (χ3n) is 5.19. The van der Waals surface area contributed by atoms with Crippen molar-refractivity contribution >= 4 is 17.5 Å². The predicted octanol–water partition coefficient (Wildman–Crippen LogP) is 5.30. The Morgan fingerprint density at radius 3 is 2.50 bits per heavy atom. The number of carbonyl (C=O) groups is 2. The molecule has 28 heavy (non-hydrogen) atoms. The molecule has 1 aromatic carbocycles. The summed E-state index contributed by atoms with van der Waals surface area (Å²) in [6.07, 6.45) is 6.02. The highest BCUT2D eigenvalue weighted by molar-refractivity contribution is 5.94. The summed E-state index contributed by atoms with van der Waals surface area (Å²) in [6, 6.07) is 5.94. The summed E-state index contributed by atoms with van der Waals surface area (Å²) in [7, 11) is 0. The maximum atomic E-state index is 12.6. The minimum atomic E-state index is -0.150. The number of hydrogen-bond acceptors (Lipinski definition) is 3. The average molecular weight is 384 g/mol. The fraction of sp³-hybridized carbons (Fsp3) is 0.522. The van der Waals surface area contributed by atoms with Crippen LogP contribution in [-0.2, 0) is 11.2 Å². The Morgan fingerprint density at radius 2 is 1.79 bits per heavy atom. The van der Waals surface area contributed by atoms with Gasteiger partial charge in [-0.3, -0.25) is 9.59 Å². The van der Waals surface area contributed by atoms with Crippen molar-refractivity contribution in [2.24, 2.45) is 0 Å². The Hall–Kier alpha value is -2.43. The van der Waals surface area contributed by atoms with Crippen LogP contribution in [0.2, 0.25) is 0 Å². The van der Waals surface area contributed by atoms with Crippen LogP contribution in [0.5, 0.6) is 0 Å². The lowest BCUT2D eigenvalue weighted by Gasteiger charge is -2.09. The molecule has 0 aliphatic carbocycles. The number of aryl methyl sites for hydroxylation is 3. The largest absolute Gasteiger partial charge is 0.326 e. The number of nitrogens with zero attached hydrogens (tertiary/aromatic N) is 2. The molecule has 0 saturated carbocycles. The maximum absolute atomic E-state index is 12.6. The number of carbonyl (C=O) groups excluding carboxylic acids is 2. The Morgan fingerprint density at radius 1 is 1.04 bits per heavy atom. The van der Waals surface area contributed by atoms with Crippen LogP contribution in [-0.4, -0.2) is 21.6 Å². The summed E-state index contributed by atoms with van der Waals surface area (Å²) in [5, 5.41) is 7.34. The third kappa shape index (κ3) is 5.78. The molecule has 2 aromatic rings. The number of unbranched alkanes of at least 4 members (excludes halogenated alkanes) is 3. The van der Waals surface area contributed by atoms with E-state index < -0.39 is 0 Å². The number of nitrogens with one attached hydrogen (secondary N) is 1. The zero-order valence-corrected chi connectivity index (χ0v) is 17.9. The van der Waals surface area contributed by atoms with E-state index in [0.29, 0.717) is 0 Å². The Labute approximate surface area is 168 Å². The first-order valence-corrected chi connectivity index (χ1v) is 10.3. The second-order valence-corrected chi connectivity index (χ2v) is 7.63. The first-order chi connectivity index (χ1) is 13.3. The van der Waals surface area contributed by atoms with Crippen molar-refractivity contribution in [1.29, 1.82) is 0 Å². The van der Waals surface area contributed by atoms with E-state index in [1.165, 1.54) is 29.5 Å². The highest BCUT2D eigenvalue weighted by atomic mass is 16.2. The Kier molecular flexibility index (Phi) is 7.97. The fourth-order valence-electron chi connectivity index (χ4n) is 3.42. The molecule has 1 N–H and O–H groups in total. The van der Waals surface area contributed by atoms with Crippen molar-refractivity contribution in [2.45, 2.75) is 79.6 Å². The van der Waals surface area contributed by atoms with E-state index in [0.717, 1.165) is 41.0 Å². The lowest BCUT2D eigenvalue weighted by molar-refractivity contribution is -0.116. The highest BCUT2D eigenvalue weighted by Gasteiger charge is 2.17. The minimum absolute atomic E-state index is 0.128. The van der Waals surface area contributed by atoms with Crippen LogP contribution in [0.4, 0.5) is 5.69 Å². The van der Waals surface area contributed by atoms with E-state index >= 15 is 0 Å². The zero-order chi connectivity index (χ0) is 20.7. The average Bonchev–Trinajstić information content (AvgIpc) is 2.94. The van der Waals surface area contributed by atoms with Gasteiger partial charge in [-0.15, -0.1) is 0 Å². The van der Waals surface area contributed by atoms with Gasteiger partial charge in [0.05, 0.1) is 5.69 Å². The van der Waals surface area contributed by atoms with Crippen LogP contribution in [0.15, 0.2) is 18.2 Å². The van der Waals surface area contributed by atoms with Crippen LogP contribution in [0.3, 0.4) is 0 Å². The Bertz CT molecular complexity index is 837. The number of benzene rings is 1.